The van der Waals surface area contributed by atoms with Crippen LogP contribution in [0, 0.1) is 5.92 Å². The number of likely N-dealkylation sites (tertiary alicyclic amines) is 1. The van der Waals surface area contributed by atoms with Crippen molar-refractivity contribution in [3.05, 3.63) is 0 Å². The van der Waals surface area contributed by atoms with Crippen molar-refractivity contribution in [2.24, 2.45) is 5.92 Å². The molecule has 3 heteroatoms. The second-order valence-corrected chi connectivity index (χ2v) is 4.81. The van der Waals surface area contributed by atoms with E-state index in [1.54, 1.807) is 11.8 Å². The third-order valence-corrected chi connectivity index (χ3v) is 3.59. The van der Waals surface area contributed by atoms with Gasteiger partial charge in [-0.3, -0.25) is 4.79 Å². The molecule has 1 aliphatic rings. The summed E-state index contributed by atoms with van der Waals surface area (Å²) >= 11 is 0. The maximum atomic E-state index is 13.8. The van der Waals surface area contributed by atoms with Crippen LogP contribution in [-0.4, -0.2) is 29.1 Å². The van der Waals surface area contributed by atoms with Gasteiger partial charge in [0.2, 0.25) is 0 Å². The highest BCUT2D eigenvalue weighted by molar-refractivity contribution is 5.82. The lowest BCUT2D eigenvalue weighted by Crippen LogP contribution is -2.45. The lowest BCUT2D eigenvalue weighted by Gasteiger charge is -2.29. The van der Waals surface area contributed by atoms with Crippen LogP contribution in [0.25, 0.3) is 0 Å². The number of halogens is 1. The standard InChI is InChI=1S/C12H22FNO/c1-5-8(2)11(13)12(15)14-9(3)6-7-10(14)4/h8-11H,5-7H2,1-4H3/t8-,9-,10-,11-/m0/s1. The maximum Gasteiger partial charge on any atom is 0.257 e. The highest BCUT2D eigenvalue weighted by Gasteiger charge is 2.36. The van der Waals surface area contributed by atoms with Crippen LogP contribution in [-0.2, 0) is 4.79 Å². The number of hydrogen-bond donors (Lipinski definition) is 0. The van der Waals surface area contributed by atoms with Gasteiger partial charge in [0.1, 0.15) is 0 Å². The molecular weight excluding hydrogens is 193 g/mol. The molecule has 1 rings (SSSR count). The van der Waals surface area contributed by atoms with Crippen LogP contribution in [0.3, 0.4) is 0 Å². The summed E-state index contributed by atoms with van der Waals surface area (Å²) in [6.45, 7) is 7.73. The largest absolute Gasteiger partial charge is 0.335 e. The first kappa shape index (κ1) is 12.5. The second-order valence-electron chi connectivity index (χ2n) is 4.81. The molecule has 1 heterocycles. The van der Waals surface area contributed by atoms with Gasteiger partial charge in [-0.25, -0.2) is 4.39 Å². The molecule has 0 aliphatic carbocycles. The van der Waals surface area contributed by atoms with Gasteiger partial charge >= 0.3 is 0 Å². The fourth-order valence-electron chi connectivity index (χ4n) is 2.22. The average Bonchev–Trinajstić information content (AvgIpc) is 2.55. The molecule has 0 spiro atoms. The van der Waals surface area contributed by atoms with Crippen LogP contribution in [0.5, 0.6) is 0 Å². The Morgan fingerprint density at radius 1 is 1.40 bits per heavy atom. The Balaban J connectivity index is 2.66. The zero-order valence-corrected chi connectivity index (χ0v) is 10.2. The monoisotopic (exact) mass is 215 g/mol. The molecule has 0 aromatic heterocycles. The number of nitrogens with zero attached hydrogens (tertiary/aromatic N) is 1. The molecule has 88 valence electrons. The fraction of sp³-hybridized carbons (Fsp3) is 0.917. The molecule has 0 aromatic rings. The summed E-state index contributed by atoms with van der Waals surface area (Å²) in [5.41, 5.74) is 0. The number of amides is 1. The van der Waals surface area contributed by atoms with E-state index < -0.39 is 6.17 Å². The Morgan fingerprint density at radius 2 is 1.87 bits per heavy atom. The molecule has 0 unspecified atom stereocenters. The third kappa shape index (κ3) is 2.50. The molecule has 1 amide bonds. The van der Waals surface area contributed by atoms with Gasteiger partial charge in [0.05, 0.1) is 0 Å². The molecule has 0 bridgehead atoms. The number of alkyl halides is 1. The summed E-state index contributed by atoms with van der Waals surface area (Å²) < 4.78 is 13.8. The van der Waals surface area contributed by atoms with Gasteiger partial charge in [-0.1, -0.05) is 20.3 Å². The zero-order chi connectivity index (χ0) is 11.6. The quantitative estimate of drug-likeness (QED) is 0.709. The highest BCUT2D eigenvalue weighted by atomic mass is 19.1. The van der Waals surface area contributed by atoms with Crippen LogP contribution in [0.2, 0.25) is 0 Å². The topological polar surface area (TPSA) is 20.3 Å². The normalized spacial score (nSPS) is 30.3. The van der Waals surface area contributed by atoms with E-state index in [0.717, 1.165) is 12.8 Å². The molecule has 0 N–H and O–H groups in total. The summed E-state index contributed by atoms with van der Waals surface area (Å²) in [4.78, 5) is 13.7. The summed E-state index contributed by atoms with van der Waals surface area (Å²) in [7, 11) is 0. The molecule has 0 radical (unpaired) electrons. The first-order valence-electron chi connectivity index (χ1n) is 5.95. The molecular formula is C12H22FNO. The molecule has 1 saturated heterocycles. The van der Waals surface area contributed by atoms with Crippen LogP contribution in [0.1, 0.15) is 47.0 Å². The first-order chi connectivity index (χ1) is 6.99. The smallest absolute Gasteiger partial charge is 0.257 e. The number of carbonyl (C=O) groups excluding carboxylic acids is 1. The van der Waals surface area contributed by atoms with Crippen molar-refractivity contribution in [2.45, 2.75) is 65.2 Å². The predicted octanol–water partition coefficient (Wildman–Crippen LogP) is 2.77. The summed E-state index contributed by atoms with van der Waals surface area (Å²) in [5, 5.41) is 0. The molecule has 2 nitrogen and oxygen atoms in total. The molecule has 15 heavy (non-hydrogen) atoms. The SMILES string of the molecule is CC[C@H](C)[C@H](F)C(=O)N1[C@@H](C)CC[C@@H]1C. The first-order valence-corrected chi connectivity index (χ1v) is 5.95. The molecule has 1 fully saturated rings. The van der Waals surface area contributed by atoms with Crippen LogP contribution >= 0.6 is 0 Å². The van der Waals surface area contributed by atoms with Gasteiger partial charge in [0.25, 0.3) is 5.91 Å². The fourth-order valence-corrected chi connectivity index (χ4v) is 2.22. The van der Waals surface area contributed by atoms with E-state index in [1.807, 2.05) is 20.8 Å². The maximum absolute atomic E-state index is 13.8. The lowest BCUT2D eigenvalue weighted by molar-refractivity contribution is -0.140. The van der Waals surface area contributed by atoms with Gasteiger partial charge in [0, 0.05) is 12.1 Å². The van der Waals surface area contributed by atoms with E-state index in [2.05, 4.69) is 0 Å². The van der Waals surface area contributed by atoms with Crippen molar-refractivity contribution in [1.82, 2.24) is 4.90 Å². The zero-order valence-electron chi connectivity index (χ0n) is 10.2. The Labute approximate surface area is 91.8 Å². The molecule has 1 aliphatic heterocycles. The molecule has 4 atom stereocenters. The molecule has 0 saturated carbocycles. The van der Waals surface area contributed by atoms with Crippen molar-refractivity contribution >= 4 is 5.91 Å². The summed E-state index contributed by atoms with van der Waals surface area (Å²) in [6.07, 6.45) is 1.39. The van der Waals surface area contributed by atoms with Gasteiger partial charge < -0.3 is 4.90 Å². The van der Waals surface area contributed by atoms with Gasteiger partial charge in [-0.05, 0) is 32.6 Å². The Kier molecular flexibility index (Phi) is 4.12. The van der Waals surface area contributed by atoms with Crippen molar-refractivity contribution < 1.29 is 9.18 Å². The summed E-state index contributed by atoms with van der Waals surface area (Å²) in [6, 6.07) is 0.407. The van der Waals surface area contributed by atoms with Crippen molar-refractivity contribution in [2.75, 3.05) is 0 Å². The Hall–Kier alpha value is -0.600. The van der Waals surface area contributed by atoms with E-state index in [9.17, 15) is 9.18 Å². The predicted molar refractivity (Wildman–Crippen MR) is 59.4 cm³/mol. The van der Waals surface area contributed by atoms with Gasteiger partial charge in [-0.2, -0.15) is 0 Å². The van der Waals surface area contributed by atoms with Crippen LogP contribution in [0.4, 0.5) is 4.39 Å². The number of carbonyl (C=O) groups is 1. The van der Waals surface area contributed by atoms with E-state index in [1.165, 1.54) is 0 Å². The van der Waals surface area contributed by atoms with Crippen molar-refractivity contribution in [1.29, 1.82) is 0 Å². The van der Waals surface area contributed by atoms with Crippen LogP contribution < -0.4 is 0 Å². The number of rotatable bonds is 3. The van der Waals surface area contributed by atoms with E-state index in [-0.39, 0.29) is 23.9 Å². The lowest BCUT2D eigenvalue weighted by atomic mass is 10.0. The van der Waals surface area contributed by atoms with E-state index in [0.29, 0.717) is 6.42 Å². The van der Waals surface area contributed by atoms with E-state index in [4.69, 9.17) is 0 Å². The summed E-state index contributed by atoms with van der Waals surface area (Å²) in [5.74, 6) is -0.473. The van der Waals surface area contributed by atoms with Crippen molar-refractivity contribution in [3.63, 3.8) is 0 Å². The Bertz CT molecular complexity index is 222. The van der Waals surface area contributed by atoms with E-state index >= 15 is 0 Å². The highest BCUT2D eigenvalue weighted by Crippen LogP contribution is 2.26. The molecule has 0 aromatic carbocycles. The van der Waals surface area contributed by atoms with Gasteiger partial charge in [0.15, 0.2) is 6.17 Å². The van der Waals surface area contributed by atoms with Gasteiger partial charge in [-0.15, -0.1) is 0 Å². The second kappa shape index (κ2) is 4.95. The van der Waals surface area contributed by atoms with Crippen molar-refractivity contribution in [3.8, 4) is 0 Å². The number of hydrogen-bond acceptors (Lipinski definition) is 1. The Morgan fingerprint density at radius 3 is 2.27 bits per heavy atom. The minimum Gasteiger partial charge on any atom is -0.335 e. The van der Waals surface area contributed by atoms with Crippen LogP contribution in [0.15, 0.2) is 0 Å². The minimum atomic E-state index is -1.32. The minimum absolute atomic E-state index is 0.169. The third-order valence-electron chi connectivity index (χ3n) is 3.59. The average molecular weight is 215 g/mol.